The molecule has 3 aromatic rings. The number of esters is 1. The van der Waals surface area contributed by atoms with Crippen LogP contribution < -0.4 is 10.9 Å². The minimum absolute atomic E-state index is 0.247. The lowest BCUT2D eigenvalue weighted by Crippen LogP contribution is -2.45. The Labute approximate surface area is 172 Å². The lowest BCUT2D eigenvalue weighted by molar-refractivity contribution is -0.145. The van der Waals surface area contributed by atoms with E-state index in [2.05, 4.69) is 10.4 Å². The summed E-state index contributed by atoms with van der Waals surface area (Å²) in [5.74, 6) is -1.54. The standard InChI is InChI=1S/C22H20FN3O4/c1-30-22(29)19(13-15-5-3-2-4-6-15)24-20(27)14-26-21(28)12-11-18(25-26)16-7-9-17(23)10-8-16/h2-12,19H,13-14H2,1H3,(H,24,27)/t19-/m0/s1. The maximum atomic E-state index is 13.1. The molecule has 0 bridgehead atoms. The number of rotatable bonds is 7. The Kier molecular flexibility index (Phi) is 6.69. The van der Waals surface area contributed by atoms with Crippen LogP contribution in [-0.2, 0) is 27.3 Å². The second-order valence-corrected chi connectivity index (χ2v) is 6.55. The molecule has 1 N–H and O–H groups in total. The van der Waals surface area contributed by atoms with Crippen LogP contribution in [0, 0.1) is 5.82 Å². The van der Waals surface area contributed by atoms with Gasteiger partial charge in [-0.25, -0.2) is 13.9 Å². The van der Waals surface area contributed by atoms with Crippen LogP contribution in [0.1, 0.15) is 5.56 Å². The SMILES string of the molecule is COC(=O)[C@H](Cc1ccccc1)NC(=O)Cn1nc(-c2ccc(F)cc2)ccc1=O. The van der Waals surface area contributed by atoms with Crippen molar-refractivity contribution < 1.29 is 18.7 Å². The van der Waals surface area contributed by atoms with Gasteiger partial charge in [0, 0.05) is 18.1 Å². The molecule has 8 heteroatoms. The number of methoxy groups -OCH3 is 1. The molecule has 0 saturated heterocycles. The van der Waals surface area contributed by atoms with E-state index in [1.165, 1.54) is 43.5 Å². The maximum Gasteiger partial charge on any atom is 0.328 e. The predicted octanol–water partition coefficient (Wildman–Crippen LogP) is 1.95. The molecule has 154 valence electrons. The highest BCUT2D eigenvalue weighted by Gasteiger charge is 2.22. The van der Waals surface area contributed by atoms with Gasteiger partial charge in [-0.2, -0.15) is 5.10 Å². The summed E-state index contributed by atoms with van der Waals surface area (Å²) < 4.78 is 18.9. The number of hydrogen-bond donors (Lipinski definition) is 1. The first-order valence-corrected chi connectivity index (χ1v) is 9.21. The summed E-state index contributed by atoms with van der Waals surface area (Å²) >= 11 is 0. The smallest absolute Gasteiger partial charge is 0.328 e. The number of ether oxygens (including phenoxy) is 1. The number of amides is 1. The Morgan fingerprint density at radius 2 is 1.77 bits per heavy atom. The van der Waals surface area contributed by atoms with Crippen molar-refractivity contribution in [3.05, 3.63) is 88.5 Å². The Balaban J connectivity index is 1.75. The molecule has 1 aromatic heterocycles. The lowest BCUT2D eigenvalue weighted by atomic mass is 10.1. The molecule has 1 heterocycles. The molecule has 30 heavy (non-hydrogen) atoms. The Hall–Kier alpha value is -3.81. The number of carbonyl (C=O) groups excluding carboxylic acids is 2. The van der Waals surface area contributed by atoms with E-state index in [0.29, 0.717) is 11.3 Å². The van der Waals surface area contributed by atoms with Crippen molar-refractivity contribution in [2.45, 2.75) is 19.0 Å². The molecule has 2 aromatic carbocycles. The number of hydrogen-bond acceptors (Lipinski definition) is 5. The van der Waals surface area contributed by atoms with Crippen LogP contribution in [0.25, 0.3) is 11.3 Å². The average Bonchev–Trinajstić information content (AvgIpc) is 2.75. The topological polar surface area (TPSA) is 90.3 Å². The lowest BCUT2D eigenvalue weighted by Gasteiger charge is -2.17. The Morgan fingerprint density at radius 1 is 1.07 bits per heavy atom. The number of nitrogens with zero attached hydrogens (tertiary/aromatic N) is 2. The summed E-state index contributed by atoms with van der Waals surface area (Å²) in [6.07, 6.45) is 0.247. The molecule has 0 fully saturated rings. The fourth-order valence-corrected chi connectivity index (χ4v) is 2.90. The molecule has 1 amide bonds. The van der Waals surface area contributed by atoms with Crippen LogP contribution >= 0.6 is 0 Å². The first-order valence-electron chi connectivity index (χ1n) is 9.21. The quantitative estimate of drug-likeness (QED) is 0.603. The monoisotopic (exact) mass is 409 g/mol. The van der Waals surface area contributed by atoms with Crippen molar-refractivity contribution in [3.63, 3.8) is 0 Å². The van der Waals surface area contributed by atoms with Gasteiger partial charge in [0.2, 0.25) is 5.91 Å². The second-order valence-electron chi connectivity index (χ2n) is 6.55. The van der Waals surface area contributed by atoms with Crippen LogP contribution in [-0.4, -0.2) is 34.8 Å². The largest absolute Gasteiger partial charge is 0.467 e. The zero-order valence-corrected chi connectivity index (χ0v) is 16.2. The van der Waals surface area contributed by atoms with E-state index in [-0.39, 0.29) is 13.0 Å². The fraction of sp³-hybridized carbons (Fsp3) is 0.182. The first kappa shape index (κ1) is 20.9. The Bertz CT molecular complexity index is 1080. The molecule has 0 spiro atoms. The third-order valence-electron chi connectivity index (χ3n) is 4.40. The molecule has 3 rings (SSSR count). The number of aromatic nitrogens is 2. The van der Waals surface area contributed by atoms with Crippen LogP contribution in [0.5, 0.6) is 0 Å². The summed E-state index contributed by atoms with van der Waals surface area (Å²) in [6.45, 7) is -0.379. The first-order chi connectivity index (χ1) is 14.5. The molecule has 1 atom stereocenters. The summed E-state index contributed by atoms with van der Waals surface area (Å²) in [5.41, 5.74) is 1.38. The van der Waals surface area contributed by atoms with E-state index in [0.717, 1.165) is 10.2 Å². The van der Waals surface area contributed by atoms with E-state index >= 15 is 0 Å². The van der Waals surface area contributed by atoms with Gasteiger partial charge in [0.25, 0.3) is 5.56 Å². The van der Waals surface area contributed by atoms with Gasteiger partial charge in [0.05, 0.1) is 12.8 Å². The van der Waals surface area contributed by atoms with Crippen LogP contribution in [0.15, 0.2) is 71.5 Å². The van der Waals surface area contributed by atoms with Gasteiger partial charge >= 0.3 is 5.97 Å². The minimum atomic E-state index is -0.902. The molecule has 7 nitrogen and oxygen atoms in total. The van der Waals surface area contributed by atoms with E-state index in [9.17, 15) is 18.8 Å². The van der Waals surface area contributed by atoms with Crippen molar-refractivity contribution in [1.82, 2.24) is 15.1 Å². The molecule has 0 aliphatic heterocycles. The third kappa shape index (κ3) is 5.38. The Morgan fingerprint density at radius 3 is 2.43 bits per heavy atom. The zero-order valence-electron chi connectivity index (χ0n) is 16.2. The number of nitrogens with one attached hydrogen (secondary N) is 1. The van der Waals surface area contributed by atoms with Crippen LogP contribution in [0.2, 0.25) is 0 Å². The molecule has 0 saturated carbocycles. The normalized spacial score (nSPS) is 11.5. The van der Waals surface area contributed by atoms with Crippen molar-refractivity contribution in [1.29, 1.82) is 0 Å². The predicted molar refractivity (Wildman–Crippen MR) is 108 cm³/mol. The van der Waals surface area contributed by atoms with Gasteiger partial charge in [0.1, 0.15) is 18.4 Å². The highest BCUT2D eigenvalue weighted by molar-refractivity contribution is 5.84. The number of halogens is 1. The van der Waals surface area contributed by atoms with Crippen molar-refractivity contribution in [2.24, 2.45) is 0 Å². The number of carbonyl (C=O) groups is 2. The highest BCUT2D eigenvalue weighted by Crippen LogP contribution is 2.15. The minimum Gasteiger partial charge on any atom is -0.467 e. The molecular weight excluding hydrogens is 389 g/mol. The van der Waals surface area contributed by atoms with Crippen LogP contribution in [0.3, 0.4) is 0 Å². The summed E-state index contributed by atoms with van der Waals surface area (Å²) in [6, 6.07) is 16.7. The zero-order chi connectivity index (χ0) is 21.5. The average molecular weight is 409 g/mol. The highest BCUT2D eigenvalue weighted by atomic mass is 19.1. The van der Waals surface area contributed by atoms with Crippen molar-refractivity contribution >= 4 is 11.9 Å². The molecule has 0 unspecified atom stereocenters. The molecule has 0 aliphatic rings. The van der Waals surface area contributed by atoms with Gasteiger partial charge in [-0.1, -0.05) is 30.3 Å². The number of benzene rings is 2. The van der Waals surface area contributed by atoms with E-state index in [1.807, 2.05) is 30.3 Å². The van der Waals surface area contributed by atoms with Gasteiger partial charge < -0.3 is 10.1 Å². The van der Waals surface area contributed by atoms with Gasteiger partial charge in [-0.05, 0) is 35.9 Å². The summed E-state index contributed by atoms with van der Waals surface area (Å²) in [7, 11) is 1.24. The van der Waals surface area contributed by atoms with Crippen LogP contribution in [0.4, 0.5) is 4.39 Å². The molecular formula is C22H20FN3O4. The van der Waals surface area contributed by atoms with E-state index in [4.69, 9.17) is 4.74 Å². The van der Waals surface area contributed by atoms with E-state index in [1.54, 1.807) is 0 Å². The third-order valence-corrected chi connectivity index (χ3v) is 4.40. The fourth-order valence-electron chi connectivity index (χ4n) is 2.90. The van der Waals surface area contributed by atoms with Crippen molar-refractivity contribution in [3.8, 4) is 11.3 Å². The summed E-state index contributed by atoms with van der Waals surface area (Å²) in [4.78, 5) is 36.7. The van der Waals surface area contributed by atoms with Gasteiger partial charge in [-0.3, -0.25) is 9.59 Å². The van der Waals surface area contributed by atoms with E-state index < -0.39 is 29.3 Å². The molecule has 0 aliphatic carbocycles. The van der Waals surface area contributed by atoms with Gasteiger partial charge in [0.15, 0.2) is 0 Å². The summed E-state index contributed by atoms with van der Waals surface area (Å²) in [5, 5.41) is 6.77. The maximum absolute atomic E-state index is 13.1. The van der Waals surface area contributed by atoms with Crippen molar-refractivity contribution in [2.75, 3.05) is 7.11 Å². The molecule has 0 radical (unpaired) electrons. The second kappa shape index (κ2) is 9.60. The van der Waals surface area contributed by atoms with Gasteiger partial charge in [-0.15, -0.1) is 0 Å².